The SMILES string of the molecule is c1coc(C2NCCc3ccsc32)c1. The Kier molecular flexibility index (Phi) is 1.92. The highest BCUT2D eigenvalue weighted by atomic mass is 32.1. The summed E-state index contributed by atoms with van der Waals surface area (Å²) in [5, 5.41) is 5.64. The van der Waals surface area contributed by atoms with Crippen LogP contribution in [-0.2, 0) is 6.42 Å². The molecule has 72 valence electrons. The van der Waals surface area contributed by atoms with Gasteiger partial charge in [0.2, 0.25) is 0 Å². The van der Waals surface area contributed by atoms with E-state index >= 15 is 0 Å². The predicted octanol–water partition coefficient (Wildman–Crippen LogP) is 2.58. The van der Waals surface area contributed by atoms with Crippen molar-refractivity contribution >= 4 is 11.3 Å². The molecule has 1 aliphatic rings. The fourth-order valence-electron chi connectivity index (χ4n) is 1.94. The van der Waals surface area contributed by atoms with Gasteiger partial charge >= 0.3 is 0 Å². The number of hydrogen-bond donors (Lipinski definition) is 1. The lowest BCUT2D eigenvalue weighted by Crippen LogP contribution is -2.28. The van der Waals surface area contributed by atoms with Crippen LogP contribution >= 0.6 is 11.3 Å². The smallest absolute Gasteiger partial charge is 0.126 e. The van der Waals surface area contributed by atoms with Crippen LogP contribution in [0.3, 0.4) is 0 Å². The quantitative estimate of drug-likeness (QED) is 0.774. The molecule has 14 heavy (non-hydrogen) atoms. The van der Waals surface area contributed by atoms with Crippen molar-refractivity contribution < 1.29 is 4.42 Å². The Labute approximate surface area is 86.6 Å². The van der Waals surface area contributed by atoms with Gasteiger partial charge in [-0.3, -0.25) is 0 Å². The summed E-state index contributed by atoms with van der Waals surface area (Å²) in [5.41, 5.74) is 1.47. The van der Waals surface area contributed by atoms with Gasteiger partial charge in [-0.15, -0.1) is 11.3 Å². The minimum absolute atomic E-state index is 0.272. The lowest BCUT2D eigenvalue weighted by molar-refractivity contribution is 0.440. The maximum absolute atomic E-state index is 5.44. The Bertz CT molecular complexity index is 418. The Balaban J connectivity index is 2.04. The molecular formula is C11H11NOS. The van der Waals surface area contributed by atoms with E-state index in [1.165, 1.54) is 10.4 Å². The van der Waals surface area contributed by atoms with Crippen molar-refractivity contribution in [3.63, 3.8) is 0 Å². The highest BCUT2D eigenvalue weighted by molar-refractivity contribution is 7.10. The lowest BCUT2D eigenvalue weighted by atomic mass is 10.0. The minimum Gasteiger partial charge on any atom is -0.467 e. The number of fused-ring (bicyclic) bond motifs is 1. The maximum atomic E-state index is 5.44. The van der Waals surface area contributed by atoms with Gasteiger partial charge in [-0.25, -0.2) is 0 Å². The third-order valence-electron chi connectivity index (χ3n) is 2.61. The van der Waals surface area contributed by atoms with E-state index in [-0.39, 0.29) is 6.04 Å². The molecule has 0 spiro atoms. The van der Waals surface area contributed by atoms with Crippen LogP contribution in [0.4, 0.5) is 0 Å². The summed E-state index contributed by atoms with van der Waals surface area (Å²) in [5.74, 6) is 1.02. The van der Waals surface area contributed by atoms with Crippen LogP contribution in [0.25, 0.3) is 0 Å². The predicted molar refractivity (Wildman–Crippen MR) is 56.6 cm³/mol. The molecule has 0 bridgehead atoms. The van der Waals surface area contributed by atoms with Crippen molar-refractivity contribution in [2.45, 2.75) is 12.5 Å². The van der Waals surface area contributed by atoms with E-state index in [9.17, 15) is 0 Å². The highest BCUT2D eigenvalue weighted by Gasteiger charge is 2.23. The second kappa shape index (κ2) is 3.26. The van der Waals surface area contributed by atoms with Gasteiger partial charge in [0.25, 0.3) is 0 Å². The first kappa shape index (κ1) is 8.26. The summed E-state index contributed by atoms with van der Waals surface area (Å²) in [7, 11) is 0. The third-order valence-corrected chi connectivity index (χ3v) is 3.64. The minimum atomic E-state index is 0.272. The van der Waals surface area contributed by atoms with Crippen molar-refractivity contribution in [3.8, 4) is 0 Å². The van der Waals surface area contributed by atoms with Crippen molar-refractivity contribution in [2.24, 2.45) is 0 Å². The zero-order valence-corrected chi connectivity index (χ0v) is 8.51. The molecule has 1 unspecified atom stereocenters. The van der Waals surface area contributed by atoms with Crippen molar-refractivity contribution in [1.29, 1.82) is 0 Å². The molecule has 0 saturated heterocycles. The fraction of sp³-hybridized carbons (Fsp3) is 0.273. The van der Waals surface area contributed by atoms with E-state index < -0.39 is 0 Å². The molecule has 2 aromatic rings. The molecular weight excluding hydrogens is 194 g/mol. The molecule has 0 saturated carbocycles. The monoisotopic (exact) mass is 205 g/mol. The van der Waals surface area contributed by atoms with Crippen molar-refractivity contribution in [1.82, 2.24) is 5.32 Å². The molecule has 0 aliphatic carbocycles. The van der Waals surface area contributed by atoms with E-state index in [2.05, 4.69) is 16.8 Å². The topological polar surface area (TPSA) is 25.2 Å². The van der Waals surface area contributed by atoms with Crippen molar-refractivity contribution in [2.75, 3.05) is 6.54 Å². The van der Waals surface area contributed by atoms with Crippen LogP contribution in [0.15, 0.2) is 34.3 Å². The molecule has 2 nitrogen and oxygen atoms in total. The fourth-order valence-corrected chi connectivity index (χ4v) is 2.97. The van der Waals surface area contributed by atoms with E-state index in [1.54, 1.807) is 6.26 Å². The first-order valence-electron chi connectivity index (χ1n) is 4.78. The molecule has 0 fully saturated rings. The molecule has 1 atom stereocenters. The zero-order valence-electron chi connectivity index (χ0n) is 7.69. The summed E-state index contributed by atoms with van der Waals surface area (Å²) < 4.78 is 5.44. The van der Waals surface area contributed by atoms with Crippen LogP contribution in [0.2, 0.25) is 0 Å². The molecule has 2 aromatic heterocycles. The van der Waals surface area contributed by atoms with Crippen LogP contribution in [-0.4, -0.2) is 6.54 Å². The molecule has 0 aromatic carbocycles. The normalized spacial score (nSPS) is 20.7. The summed E-state index contributed by atoms with van der Waals surface area (Å²) >= 11 is 1.81. The van der Waals surface area contributed by atoms with E-state index in [0.29, 0.717) is 0 Å². The van der Waals surface area contributed by atoms with Gasteiger partial charge in [0.05, 0.1) is 6.26 Å². The average molecular weight is 205 g/mol. The van der Waals surface area contributed by atoms with Gasteiger partial charge in [-0.1, -0.05) is 0 Å². The number of rotatable bonds is 1. The average Bonchev–Trinajstić information content (AvgIpc) is 2.88. The standard InChI is InChI=1S/C11H11NOS/c1-2-9(13-6-1)10-11-8(3-5-12-10)4-7-14-11/h1-2,4,6-7,10,12H,3,5H2. The number of thiophene rings is 1. The van der Waals surface area contributed by atoms with E-state index in [4.69, 9.17) is 4.42 Å². The maximum Gasteiger partial charge on any atom is 0.126 e. The zero-order chi connectivity index (χ0) is 9.38. The molecule has 1 N–H and O–H groups in total. The Morgan fingerprint density at radius 3 is 3.29 bits per heavy atom. The molecule has 3 heterocycles. The van der Waals surface area contributed by atoms with Gasteiger partial charge < -0.3 is 9.73 Å². The van der Waals surface area contributed by atoms with Crippen LogP contribution in [0, 0.1) is 0 Å². The van der Waals surface area contributed by atoms with Crippen LogP contribution < -0.4 is 5.32 Å². The Hall–Kier alpha value is -1.06. The largest absolute Gasteiger partial charge is 0.467 e. The summed E-state index contributed by atoms with van der Waals surface area (Å²) in [6, 6.07) is 6.47. The van der Waals surface area contributed by atoms with E-state index in [1.807, 2.05) is 23.5 Å². The Morgan fingerprint density at radius 1 is 1.43 bits per heavy atom. The second-order valence-corrected chi connectivity index (χ2v) is 4.41. The first-order valence-corrected chi connectivity index (χ1v) is 5.66. The first-order chi connectivity index (χ1) is 6.95. The summed E-state index contributed by atoms with van der Waals surface area (Å²) in [4.78, 5) is 1.41. The van der Waals surface area contributed by atoms with Crippen LogP contribution in [0.1, 0.15) is 22.2 Å². The summed E-state index contributed by atoms with van der Waals surface area (Å²) in [6.07, 6.45) is 2.87. The van der Waals surface area contributed by atoms with Crippen LogP contribution in [0.5, 0.6) is 0 Å². The highest BCUT2D eigenvalue weighted by Crippen LogP contribution is 2.32. The lowest BCUT2D eigenvalue weighted by Gasteiger charge is -2.21. The molecule has 3 heteroatoms. The molecule has 3 rings (SSSR count). The number of nitrogens with one attached hydrogen (secondary N) is 1. The van der Waals surface area contributed by atoms with Gasteiger partial charge in [0, 0.05) is 11.4 Å². The molecule has 0 radical (unpaired) electrons. The molecule has 1 aliphatic heterocycles. The third kappa shape index (κ3) is 1.21. The van der Waals surface area contributed by atoms with E-state index in [0.717, 1.165) is 18.7 Å². The van der Waals surface area contributed by atoms with Gasteiger partial charge in [-0.05, 0) is 35.6 Å². The Morgan fingerprint density at radius 2 is 2.43 bits per heavy atom. The van der Waals surface area contributed by atoms with Gasteiger partial charge in [-0.2, -0.15) is 0 Å². The van der Waals surface area contributed by atoms with Crippen molar-refractivity contribution in [3.05, 3.63) is 46.0 Å². The summed E-state index contributed by atoms with van der Waals surface area (Å²) in [6.45, 7) is 1.04. The second-order valence-electron chi connectivity index (χ2n) is 3.46. The number of furan rings is 1. The van der Waals surface area contributed by atoms with Gasteiger partial charge in [0.1, 0.15) is 11.8 Å². The number of hydrogen-bond acceptors (Lipinski definition) is 3. The van der Waals surface area contributed by atoms with Gasteiger partial charge in [0.15, 0.2) is 0 Å². The molecule has 0 amide bonds.